The van der Waals surface area contributed by atoms with Crippen LogP contribution in [0.15, 0.2) is 52.4 Å². The van der Waals surface area contributed by atoms with E-state index in [4.69, 9.17) is 16.2 Å². The highest BCUT2D eigenvalue weighted by molar-refractivity contribution is 8.18. The van der Waals surface area contributed by atoms with Gasteiger partial charge in [-0.25, -0.2) is 4.99 Å². The molecule has 0 unspecified atom stereocenters. The summed E-state index contributed by atoms with van der Waals surface area (Å²) in [5, 5.41) is 0.684. The van der Waals surface area contributed by atoms with Gasteiger partial charge < -0.3 is 4.74 Å². The van der Waals surface area contributed by atoms with Gasteiger partial charge in [-0.1, -0.05) is 30.2 Å². The van der Waals surface area contributed by atoms with Crippen LogP contribution in [0.25, 0.3) is 6.08 Å². The van der Waals surface area contributed by atoms with Crippen LogP contribution in [0, 0.1) is 26.2 Å². The van der Waals surface area contributed by atoms with Gasteiger partial charge in [0.05, 0.1) is 10.6 Å². The van der Waals surface area contributed by atoms with Gasteiger partial charge in [0.15, 0.2) is 5.17 Å². The second-order valence-corrected chi connectivity index (χ2v) is 7.36. The molecular formula is C23H22N2O2S. The summed E-state index contributed by atoms with van der Waals surface area (Å²) in [6.07, 6.45) is 7.13. The number of ether oxygens (including phenoxy) is 1. The number of carbonyl (C=O) groups excluding carboxylic acids is 1. The highest BCUT2D eigenvalue weighted by atomic mass is 32.2. The molecule has 1 amide bonds. The van der Waals surface area contributed by atoms with Crippen molar-refractivity contribution in [1.82, 2.24) is 4.90 Å². The van der Waals surface area contributed by atoms with Crippen molar-refractivity contribution in [1.29, 1.82) is 0 Å². The lowest BCUT2D eigenvalue weighted by Crippen LogP contribution is -2.28. The van der Waals surface area contributed by atoms with Crippen LogP contribution in [-0.4, -0.2) is 29.1 Å². The number of hydrogen-bond acceptors (Lipinski definition) is 4. The molecule has 1 aliphatic heterocycles. The van der Waals surface area contributed by atoms with Crippen LogP contribution in [0.5, 0.6) is 5.75 Å². The second-order valence-electron chi connectivity index (χ2n) is 6.35. The van der Waals surface area contributed by atoms with Crippen LogP contribution in [0.4, 0.5) is 5.69 Å². The van der Waals surface area contributed by atoms with Crippen molar-refractivity contribution in [2.75, 3.05) is 13.2 Å². The van der Waals surface area contributed by atoms with Gasteiger partial charge in [0.25, 0.3) is 5.91 Å². The van der Waals surface area contributed by atoms with E-state index in [2.05, 4.69) is 19.8 Å². The maximum Gasteiger partial charge on any atom is 0.266 e. The Morgan fingerprint density at radius 2 is 2.00 bits per heavy atom. The molecule has 0 radical (unpaired) electrons. The number of amides is 1. The third-order valence-electron chi connectivity index (χ3n) is 4.44. The summed E-state index contributed by atoms with van der Waals surface area (Å²) in [6, 6.07) is 13.6. The monoisotopic (exact) mass is 390 g/mol. The summed E-state index contributed by atoms with van der Waals surface area (Å²) >= 11 is 1.38. The van der Waals surface area contributed by atoms with Gasteiger partial charge in [0.2, 0.25) is 0 Å². The highest BCUT2D eigenvalue weighted by Crippen LogP contribution is 2.35. The quantitative estimate of drug-likeness (QED) is 0.536. The number of likely N-dealkylation sites (N-methyl/N-ethyl adjacent to an activating group) is 1. The summed E-state index contributed by atoms with van der Waals surface area (Å²) < 4.78 is 5.59. The molecule has 0 aliphatic carbocycles. The van der Waals surface area contributed by atoms with E-state index >= 15 is 0 Å². The molecule has 0 atom stereocenters. The number of para-hydroxylation sites is 1. The Bertz CT molecular complexity index is 1000. The van der Waals surface area contributed by atoms with Crippen LogP contribution in [-0.2, 0) is 4.79 Å². The van der Waals surface area contributed by atoms with E-state index in [1.54, 1.807) is 4.90 Å². The van der Waals surface area contributed by atoms with E-state index in [0.717, 1.165) is 11.3 Å². The smallest absolute Gasteiger partial charge is 0.266 e. The molecule has 2 aromatic rings. The Labute approximate surface area is 170 Å². The van der Waals surface area contributed by atoms with Gasteiger partial charge in [0, 0.05) is 12.1 Å². The minimum atomic E-state index is -0.0539. The molecule has 28 heavy (non-hydrogen) atoms. The molecule has 142 valence electrons. The van der Waals surface area contributed by atoms with Crippen molar-refractivity contribution in [3.63, 3.8) is 0 Å². The maximum atomic E-state index is 12.9. The Balaban J connectivity index is 1.94. The van der Waals surface area contributed by atoms with Crippen molar-refractivity contribution in [2.45, 2.75) is 20.8 Å². The zero-order valence-electron chi connectivity index (χ0n) is 16.2. The Hall–Kier alpha value is -2.97. The highest BCUT2D eigenvalue weighted by Gasteiger charge is 2.32. The molecule has 1 aliphatic rings. The van der Waals surface area contributed by atoms with Crippen molar-refractivity contribution < 1.29 is 9.53 Å². The number of hydrogen-bond donors (Lipinski definition) is 0. The van der Waals surface area contributed by atoms with Crippen molar-refractivity contribution in [2.24, 2.45) is 4.99 Å². The third kappa shape index (κ3) is 4.29. The van der Waals surface area contributed by atoms with E-state index in [9.17, 15) is 4.79 Å². The van der Waals surface area contributed by atoms with Crippen LogP contribution >= 0.6 is 11.8 Å². The lowest BCUT2D eigenvalue weighted by Gasteiger charge is -2.12. The van der Waals surface area contributed by atoms with Gasteiger partial charge in [-0.3, -0.25) is 9.69 Å². The van der Waals surface area contributed by atoms with Crippen molar-refractivity contribution in [3.05, 3.63) is 64.1 Å². The second kappa shape index (κ2) is 8.81. The number of benzene rings is 2. The zero-order chi connectivity index (χ0) is 20.1. The van der Waals surface area contributed by atoms with Crippen molar-refractivity contribution in [3.8, 4) is 18.1 Å². The first-order valence-corrected chi connectivity index (χ1v) is 9.87. The lowest BCUT2D eigenvalue weighted by atomic mass is 10.1. The van der Waals surface area contributed by atoms with Crippen LogP contribution in [0.2, 0.25) is 0 Å². The molecule has 0 aromatic heterocycles. The van der Waals surface area contributed by atoms with Crippen LogP contribution in [0.1, 0.15) is 23.6 Å². The van der Waals surface area contributed by atoms with Gasteiger partial charge in [-0.2, -0.15) is 0 Å². The third-order valence-corrected chi connectivity index (χ3v) is 5.44. The molecule has 0 saturated carbocycles. The zero-order valence-corrected chi connectivity index (χ0v) is 17.0. The van der Waals surface area contributed by atoms with E-state index in [0.29, 0.717) is 22.4 Å². The summed E-state index contributed by atoms with van der Waals surface area (Å²) in [4.78, 5) is 19.9. The molecule has 0 spiro atoms. The van der Waals surface area contributed by atoms with E-state index in [1.807, 2.05) is 55.5 Å². The molecule has 1 fully saturated rings. The predicted molar refractivity (Wildman–Crippen MR) is 117 cm³/mol. The average molecular weight is 391 g/mol. The molecule has 2 aromatic carbocycles. The fraction of sp³-hybridized carbons (Fsp3) is 0.217. The number of aryl methyl sites for hydroxylation is 2. The standard InChI is InChI=1S/C23H22N2O2S/c1-5-13-27-20-10-8-7-9-18(20)15-21-22(26)25(6-2)23(28-21)24-19-12-11-16(3)17(4)14-19/h1,7-12,14-15H,6,13H2,2-4H3/b21-15+,24-23?. The molecule has 5 heteroatoms. The van der Waals surface area contributed by atoms with Crippen LogP contribution in [0.3, 0.4) is 0 Å². The first kappa shape index (κ1) is 19.8. The fourth-order valence-electron chi connectivity index (χ4n) is 2.77. The van der Waals surface area contributed by atoms with Gasteiger partial charge >= 0.3 is 0 Å². The number of terminal acetylenes is 1. The Morgan fingerprint density at radius 1 is 1.21 bits per heavy atom. The number of amidine groups is 1. The SMILES string of the molecule is C#CCOc1ccccc1/C=C1/SC(=Nc2ccc(C)c(C)c2)N(CC)C1=O. The number of aliphatic imine (C=N–C) groups is 1. The van der Waals surface area contributed by atoms with Gasteiger partial charge in [0.1, 0.15) is 12.4 Å². The number of rotatable bonds is 5. The Kier molecular flexibility index (Phi) is 6.23. The van der Waals surface area contributed by atoms with Gasteiger partial charge in [-0.05, 0) is 67.9 Å². The van der Waals surface area contributed by atoms with E-state index in [1.165, 1.54) is 22.9 Å². The normalized spacial score (nSPS) is 16.6. The number of carbonyl (C=O) groups is 1. The lowest BCUT2D eigenvalue weighted by molar-refractivity contribution is -0.122. The number of thioether (sulfide) groups is 1. The first-order chi connectivity index (χ1) is 13.5. The van der Waals surface area contributed by atoms with E-state index < -0.39 is 0 Å². The topological polar surface area (TPSA) is 41.9 Å². The first-order valence-electron chi connectivity index (χ1n) is 9.06. The minimum Gasteiger partial charge on any atom is -0.480 e. The summed E-state index contributed by atoms with van der Waals surface area (Å²) in [6.45, 7) is 6.81. The predicted octanol–water partition coefficient (Wildman–Crippen LogP) is 4.94. The van der Waals surface area contributed by atoms with Crippen LogP contribution < -0.4 is 4.74 Å². The molecule has 0 N–H and O–H groups in total. The summed E-state index contributed by atoms with van der Waals surface area (Å²) in [5.74, 6) is 3.06. The van der Waals surface area contributed by atoms with E-state index in [-0.39, 0.29) is 12.5 Å². The molecule has 1 saturated heterocycles. The molecule has 0 bridgehead atoms. The average Bonchev–Trinajstić information content (AvgIpc) is 2.98. The number of nitrogens with zero attached hydrogens (tertiary/aromatic N) is 2. The van der Waals surface area contributed by atoms with Gasteiger partial charge in [-0.15, -0.1) is 6.42 Å². The fourth-order valence-corrected chi connectivity index (χ4v) is 3.82. The van der Waals surface area contributed by atoms with Crippen molar-refractivity contribution >= 4 is 34.6 Å². The Morgan fingerprint density at radius 3 is 2.71 bits per heavy atom. The molecule has 4 nitrogen and oxygen atoms in total. The molecular weight excluding hydrogens is 368 g/mol. The minimum absolute atomic E-state index is 0.0539. The summed E-state index contributed by atoms with van der Waals surface area (Å²) in [5.41, 5.74) is 4.05. The molecule has 1 heterocycles. The molecule has 3 rings (SSSR count). The maximum absolute atomic E-state index is 12.9. The largest absolute Gasteiger partial charge is 0.480 e. The summed E-state index contributed by atoms with van der Waals surface area (Å²) in [7, 11) is 0.